The Hall–Kier alpha value is -2.43. The predicted molar refractivity (Wildman–Crippen MR) is 115 cm³/mol. The van der Waals surface area contributed by atoms with E-state index in [2.05, 4.69) is 27.7 Å². The number of rotatable bonds is 5. The van der Waals surface area contributed by atoms with Crippen molar-refractivity contribution in [3.05, 3.63) is 77.9 Å². The summed E-state index contributed by atoms with van der Waals surface area (Å²) >= 11 is 0. The van der Waals surface area contributed by atoms with Crippen LogP contribution in [-0.2, 0) is 10.1 Å². The molecule has 0 unspecified atom stereocenters. The highest BCUT2D eigenvalue weighted by Crippen LogP contribution is 2.37. The fraction of sp³-hybridized carbons (Fsp3) is 0.250. The molecule has 0 amide bonds. The van der Waals surface area contributed by atoms with Crippen LogP contribution in [0.2, 0.25) is 0 Å². The third-order valence-electron chi connectivity index (χ3n) is 5.00. The first-order valence-electron chi connectivity index (χ1n) is 9.49. The van der Waals surface area contributed by atoms with Crippen molar-refractivity contribution in [3.8, 4) is 22.3 Å². The zero-order valence-electron chi connectivity index (χ0n) is 16.7. The highest BCUT2D eigenvalue weighted by molar-refractivity contribution is 7.86. The van der Waals surface area contributed by atoms with Gasteiger partial charge in [-0.15, -0.1) is 0 Å². The maximum atomic E-state index is 12.4. The highest BCUT2D eigenvalue weighted by atomic mass is 32.2. The summed E-state index contributed by atoms with van der Waals surface area (Å²) in [5.74, 6) is 0.639. The average Bonchev–Trinajstić information content (AvgIpc) is 2.67. The molecule has 0 spiro atoms. The van der Waals surface area contributed by atoms with Gasteiger partial charge in [0.05, 0.1) is 0 Å². The van der Waals surface area contributed by atoms with E-state index in [1.165, 1.54) is 0 Å². The number of hydrogen-bond donors (Lipinski definition) is 1. The van der Waals surface area contributed by atoms with Gasteiger partial charge in [-0.2, -0.15) is 8.42 Å². The molecule has 0 saturated carbocycles. The Kier molecular flexibility index (Phi) is 5.73. The molecule has 4 heteroatoms. The second-order valence-electron chi connectivity index (χ2n) is 7.72. The van der Waals surface area contributed by atoms with Crippen LogP contribution in [0.3, 0.4) is 0 Å². The lowest BCUT2D eigenvalue weighted by atomic mass is 9.93. The molecule has 0 aliphatic carbocycles. The molecule has 3 nitrogen and oxygen atoms in total. The van der Waals surface area contributed by atoms with Crippen LogP contribution in [0.5, 0.6) is 0 Å². The molecule has 0 atom stereocenters. The van der Waals surface area contributed by atoms with Crippen LogP contribution in [0.25, 0.3) is 22.3 Å². The van der Waals surface area contributed by atoms with Gasteiger partial charge in [0.1, 0.15) is 4.90 Å². The Morgan fingerprint density at radius 3 is 1.43 bits per heavy atom. The average molecular weight is 395 g/mol. The molecule has 28 heavy (non-hydrogen) atoms. The van der Waals surface area contributed by atoms with Crippen LogP contribution in [0.1, 0.15) is 50.7 Å². The van der Waals surface area contributed by atoms with Crippen molar-refractivity contribution < 1.29 is 13.0 Å². The van der Waals surface area contributed by atoms with Gasteiger partial charge in [-0.25, -0.2) is 0 Å². The van der Waals surface area contributed by atoms with E-state index in [9.17, 15) is 13.0 Å². The standard InChI is InChI=1S/C24H26O3S/c1-16(2)18-8-5-10-20(14-18)22-12-7-13-23(24(22)28(25,26)27)21-11-6-9-19(15-21)17(3)4/h5-17H,1-4H3,(H,25,26,27). The lowest BCUT2D eigenvalue weighted by Crippen LogP contribution is -2.04. The van der Waals surface area contributed by atoms with E-state index in [4.69, 9.17) is 0 Å². The van der Waals surface area contributed by atoms with Crippen LogP contribution in [0.4, 0.5) is 0 Å². The molecule has 0 bridgehead atoms. The van der Waals surface area contributed by atoms with Gasteiger partial charge in [-0.05, 0) is 34.1 Å². The molecule has 0 aromatic heterocycles. The lowest BCUT2D eigenvalue weighted by molar-refractivity contribution is 0.484. The van der Waals surface area contributed by atoms with Crippen molar-refractivity contribution in [1.82, 2.24) is 0 Å². The minimum absolute atomic E-state index is 0.0446. The zero-order valence-corrected chi connectivity index (χ0v) is 17.5. The minimum atomic E-state index is -4.43. The summed E-state index contributed by atoms with van der Waals surface area (Å²) in [6.45, 7) is 8.38. The van der Waals surface area contributed by atoms with E-state index in [1.54, 1.807) is 12.1 Å². The van der Waals surface area contributed by atoms with Gasteiger partial charge in [0, 0.05) is 11.1 Å². The molecule has 0 aliphatic rings. The Bertz CT molecular complexity index is 1030. The van der Waals surface area contributed by atoms with Crippen molar-refractivity contribution >= 4 is 10.1 Å². The molecule has 1 N–H and O–H groups in total. The molecule has 0 saturated heterocycles. The summed E-state index contributed by atoms with van der Waals surface area (Å²) in [7, 11) is -4.43. The first kappa shape index (κ1) is 20.3. The van der Waals surface area contributed by atoms with Crippen molar-refractivity contribution in [2.75, 3.05) is 0 Å². The topological polar surface area (TPSA) is 54.4 Å². The minimum Gasteiger partial charge on any atom is -0.282 e. The maximum Gasteiger partial charge on any atom is 0.295 e. The van der Waals surface area contributed by atoms with E-state index in [-0.39, 0.29) is 4.90 Å². The van der Waals surface area contributed by atoms with Gasteiger partial charge in [0.25, 0.3) is 10.1 Å². The van der Waals surface area contributed by atoms with Crippen molar-refractivity contribution in [1.29, 1.82) is 0 Å². The monoisotopic (exact) mass is 394 g/mol. The molecular weight excluding hydrogens is 368 g/mol. The van der Waals surface area contributed by atoms with Gasteiger partial charge >= 0.3 is 0 Å². The fourth-order valence-corrected chi connectivity index (χ4v) is 4.33. The molecule has 3 rings (SSSR count). The lowest BCUT2D eigenvalue weighted by Gasteiger charge is -2.16. The molecule has 3 aromatic carbocycles. The first-order valence-corrected chi connectivity index (χ1v) is 10.9. The van der Waals surface area contributed by atoms with Gasteiger partial charge in [-0.3, -0.25) is 4.55 Å². The second kappa shape index (κ2) is 7.90. The van der Waals surface area contributed by atoms with E-state index in [0.717, 1.165) is 22.3 Å². The summed E-state index contributed by atoms with van der Waals surface area (Å²) in [6.07, 6.45) is 0. The zero-order chi connectivity index (χ0) is 20.5. The van der Waals surface area contributed by atoms with Gasteiger partial charge < -0.3 is 0 Å². The van der Waals surface area contributed by atoms with E-state index < -0.39 is 10.1 Å². The first-order chi connectivity index (χ1) is 13.2. The third kappa shape index (κ3) is 4.18. The summed E-state index contributed by atoms with van der Waals surface area (Å²) < 4.78 is 34.9. The van der Waals surface area contributed by atoms with Crippen molar-refractivity contribution in [3.63, 3.8) is 0 Å². The summed E-state index contributed by atoms with van der Waals surface area (Å²) in [6, 6.07) is 21.0. The van der Waals surface area contributed by atoms with Crippen LogP contribution in [0.15, 0.2) is 71.6 Å². The van der Waals surface area contributed by atoms with Crippen LogP contribution < -0.4 is 0 Å². The SMILES string of the molecule is CC(C)c1cccc(-c2cccc(-c3cccc(C(C)C)c3)c2S(=O)(=O)O)c1. The molecule has 3 aromatic rings. The molecule has 0 aliphatic heterocycles. The molecular formula is C24H26O3S. The maximum absolute atomic E-state index is 12.4. The summed E-state index contributed by atoms with van der Waals surface area (Å²) in [5.41, 5.74) is 4.81. The van der Waals surface area contributed by atoms with Crippen molar-refractivity contribution in [2.45, 2.75) is 44.4 Å². The van der Waals surface area contributed by atoms with Crippen molar-refractivity contribution in [2.24, 2.45) is 0 Å². The van der Waals surface area contributed by atoms with Gasteiger partial charge in [0.15, 0.2) is 0 Å². The largest absolute Gasteiger partial charge is 0.295 e. The Morgan fingerprint density at radius 2 is 1.07 bits per heavy atom. The number of hydrogen-bond acceptors (Lipinski definition) is 2. The molecule has 0 heterocycles. The normalized spacial score (nSPS) is 12.0. The molecule has 146 valence electrons. The Labute approximate surface area is 167 Å². The Balaban J connectivity index is 2.29. The number of benzene rings is 3. The summed E-state index contributed by atoms with van der Waals surface area (Å²) in [5, 5.41) is 0. The Morgan fingerprint density at radius 1 is 0.679 bits per heavy atom. The van der Waals surface area contributed by atoms with Crippen LogP contribution >= 0.6 is 0 Å². The molecule has 0 fully saturated rings. The quantitative estimate of drug-likeness (QED) is 0.502. The van der Waals surface area contributed by atoms with Gasteiger partial charge in [-0.1, -0.05) is 94.4 Å². The molecule has 0 radical (unpaired) electrons. The van der Waals surface area contributed by atoms with E-state index in [0.29, 0.717) is 23.0 Å². The third-order valence-corrected chi connectivity index (χ3v) is 5.96. The van der Waals surface area contributed by atoms with Gasteiger partial charge in [0.2, 0.25) is 0 Å². The van der Waals surface area contributed by atoms with E-state index >= 15 is 0 Å². The smallest absolute Gasteiger partial charge is 0.282 e. The highest BCUT2D eigenvalue weighted by Gasteiger charge is 2.22. The van der Waals surface area contributed by atoms with E-state index in [1.807, 2.05) is 54.6 Å². The fourth-order valence-electron chi connectivity index (χ4n) is 3.40. The van der Waals surface area contributed by atoms with Crippen LogP contribution in [0, 0.1) is 0 Å². The van der Waals surface area contributed by atoms with Crippen LogP contribution in [-0.4, -0.2) is 13.0 Å². The second-order valence-corrected chi connectivity index (χ2v) is 9.08. The summed E-state index contributed by atoms with van der Waals surface area (Å²) in [4.78, 5) is -0.0446. The predicted octanol–water partition coefficient (Wildman–Crippen LogP) is 6.51.